The first-order valence-electron chi connectivity index (χ1n) is 10.8. The normalized spacial score (nSPS) is 16.0. The smallest absolute Gasteiger partial charge is 0.265 e. The van der Waals surface area contributed by atoms with Crippen molar-refractivity contribution in [1.29, 1.82) is 0 Å². The van der Waals surface area contributed by atoms with Gasteiger partial charge in [-0.25, -0.2) is 4.98 Å². The van der Waals surface area contributed by atoms with Crippen molar-refractivity contribution in [3.8, 4) is 27.7 Å². The molecule has 164 valence electrons. The number of rotatable bonds is 4. The van der Waals surface area contributed by atoms with Gasteiger partial charge in [0.05, 0.1) is 17.1 Å². The Balaban J connectivity index is 1.46. The number of carbonyl (C=O) groups is 2. The highest BCUT2D eigenvalue weighted by atomic mass is 32.1. The zero-order valence-corrected chi connectivity index (χ0v) is 18.7. The second-order valence-electron chi connectivity index (χ2n) is 8.03. The number of hydrogen-bond donors (Lipinski definition) is 0. The van der Waals surface area contributed by atoms with Crippen LogP contribution in [0.2, 0.25) is 0 Å². The van der Waals surface area contributed by atoms with Gasteiger partial charge in [-0.3, -0.25) is 19.5 Å². The first-order valence-corrected chi connectivity index (χ1v) is 11.7. The van der Waals surface area contributed by atoms with Crippen LogP contribution in [-0.2, 0) is 9.59 Å². The van der Waals surface area contributed by atoms with E-state index in [0.29, 0.717) is 11.4 Å². The van der Waals surface area contributed by atoms with Crippen LogP contribution in [0.1, 0.15) is 24.1 Å². The largest absolute Gasteiger partial charge is 0.482 e. The number of aryl methyl sites for hydroxylation is 1. The number of piperidine rings is 1. The lowest BCUT2D eigenvalue weighted by molar-refractivity contribution is -0.132. The number of thiazole rings is 1. The summed E-state index contributed by atoms with van der Waals surface area (Å²) in [5.41, 5.74) is 3.18. The number of likely N-dealkylation sites (tertiary alicyclic amines) is 1. The van der Waals surface area contributed by atoms with Crippen molar-refractivity contribution in [1.82, 2.24) is 14.9 Å². The summed E-state index contributed by atoms with van der Waals surface area (Å²) in [6.45, 7) is 3.53. The fourth-order valence-electron chi connectivity index (χ4n) is 4.16. The molecule has 5 rings (SSSR count). The van der Waals surface area contributed by atoms with Crippen molar-refractivity contribution in [3.05, 3.63) is 47.5 Å². The lowest BCUT2D eigenvalue weighted by atomic mass is 10.1. The summed E-state index contributed by atoms with van der Waals surface area (Å²) in [7, 11) is 0. The van der Waals surface area contributed by atoms with E-state index < -0.39 is 0 Å². The molecule has 0 bridgehead atoms. The van der Waals surface area contributed by atoms with E-state index in [2.05, 4.69) is 4.98 Å². The summed E-state index contributed by atoms with van der Waals surface area (Å²) in [5.74, 6) is 0.389. The number of amides is 2. The van der Waals surface area contributed by atoms with Crippen molar-refractivity contribution >= 4 is 28.8 Å². The molecule has 0 aliphatic carbocycles. The number of carbonyl (C=O) groups excluding carboxylic acids is 2. The summed E-state index contributed by atoms with van der Waals surface area (Å²) in [4.78, 5) is 39.2. The molecular formula is C24H24N4O3S. The monoisotopic (exact) mass is 448 g/mol. The van der Waals surface area contributed by atoms with Gasteiger partial charge in [0.1, 0.15) is 17.3 Å². The molecule has 0 unspecified atom stereocenters. The number of pyridine rings is 1. The van der Waals surface area contributed by atoms with E-state index in [9.17, 15) is 9.59 Å². The molecule has 7 nitrogen and oxygen atoms in total. The van der Waals surface area contributed by atoms with E-state index in [4.69, 9.17) is 9.72 Å². The molecule has 0 saturated carbocycles. The SMILES string of the molecule is Cc1sc(-c2ccccn2)nc1-c1ccc2c(c1)N(CC(=O)N1CCCCC1)C(=O)CO2. The Labute approximate surface area is 190 Å². The maximum atomic E-state index is 12.9. The molecule has 1 fully saturated rings. The van der Waals surface area contributed by atoms with Crippen LogP contribution in [0.25, 0.3) is 22.0 Å². The maximum Gasteiger partial charge on any atom is 0.265 e. The number of anilines is 1. The third-order valence-corrected chi connectivity index (χ3v) is 6.85. The predicted molar refractivity (Wildman–Crippen MR) is 124 cm³/mol. The van der Waals surface area contributed by atoms with Crippen LogP contribution < -0.4 is 9.64 Å². The van der Waals surface area contributed by atoms with Crippen molar-refractivity contribution in [2.24, 2.45) is 0 Å². The van der Waals surface area contributed by atoms with Gasteiger partial charge >= 0.3 is 0 Å². The number of aromatic nitrogens is 2. The molecule has 2 amide bonds. The average molecular weight is 449 g/mol. The zero-order valence-electron chi connectivity index (χ0n) is 17.9. The van der Waals surface area contributed by atoms with Gasteiger partial charge in [-0.2, -0.15) is 0 Å². The van der Waals surface area contributed by atoms with Crippen molar-refractivity contribution in [3.63, 3.8) is 0 Å². The van der Waals surface area contributed by atoms with Gasteiger partial charge in [0, 0.05) is 29.7 Å². The summed E-state index contributed by atoms with van der Waals surface area (Å²) in [6, 6.07) is 11.5. The second-order valence-corrected chi connectivity index (χ2v) is 9.23. The molecule has 2 aliphatic rings. The lowest BCUT2D eigenvalue weighted by Crippen LogP contribution is -2.47. The van der Waals surface area contributed by atoms with E-state index in [-0.39, 0.29) is 25.0 Å². The third-order valence-electron chi connectivity index (χ3n) is 5.86. The van der Waals surface area contributed by atoms with Gasteiger partial charge in [-0.15, -0.1) is 11.3 Å². The quantitative estimate of drug-likeness (QED) is 0.605. The van der Waals surface area contributed by atoms with Gasteiger partial charge in [-0.05, 0) is 56.5 Å². The molecule has 3 aromatic rings. The maximum absolute atomic E-state index is 12.9. The van der Waals surface area contributed by atoms with Crippen LogP contribution in [0.5, 0.6) is 5.75 Å². The van der Waals surface area contributed by atoms with Gasteiger partial charge in [0.25, 0.3) is 5.91 Å². The van der Waals surface area contributed by atoms with E-state index in [1.807, 2.05) is 48.2 Å². The molecule has 0 spiro atoms. The highest BCUT2D eigenvalue weighted by molar-refractivity contribution is 7.15. The van der Waals surface area contributed by atoms with Gasteiger partial charge < -0.3 is 9.64 Å². The molecule has 0 atom stereocenters. The number of ether oxygens (including phenoxy) is 1. The third kappa shape index (κ3) is 3.98. The molecular weight excluding hydrogens is 424 g/mol. The zero-order chi connectivity index (χ0) is 22.1. The Bertz CT molecular complexity index is 1160. The van der Waals surface area contributed by atoms with Crippen LogP contribution in [-0.4, -0.2) is 52.9 Å². The minimum Gasteiger partial charge on any atom is -0.482 e. The van der Waals surface area contributed by atoms with Crippen LogP contribution in [0.3, 0.4) is 0 Å². The molecule has 2 aliphatic heterocycles. The van der Waals surface area contributed by atoms with Crippen LogP contribution in [0.4, 0.5) is 5.69 Å². The fourth-order valence-corrected chi connectivity index (χ4v) is 5.08. The molecule has 8 heteroatoms. The van der Waals surface area contributed by atoms with Crippen LogP contribution >= 0.6 is 11.3 Å². The minimum absolute atomic E-state index is 0.0152. The second kappa shape index (κ2) is 8.70. The first kappa shape index (κ1) is 20.6. The fraction of sp³-hybridized carbons (Fsp3) is 0.333. The standard InChI is InChI=1S/C24H24N4O3S/c1-16-23(26-24(32-16)18-7-3-4-10-25-18)17-8-9-20-19(13-17)28(22(30)15-31-20)14-21(29)27-11-5-2-6-12-27/h3-4,7-10,13H,2,5-6,11-12,14-15H2,1H3. The van der Waals surface area contributed by atoms with Crippen LogP contribution in [0.15, 0.2) is 42.6 Å². The number of fused-ring (bicyclic) bond motifs is 1. The molecule has 0 N–H and O–H groups in total. The Hall–Kier alpha value is -3.26. The molecule has 0 radical (unpaired) electrons. The summed E-state index contributed by atoms with van der Waals surface area (Å²) < 4.78 is 5.64. The Kier molecular flexibility index (Phi) is 5.61. The molecule has 1 saturated heterocycles. The lowest BCUT2D eigenvalue weighted by Gasteiger charge is -2.33. The number of benzene rings is 1. The van der Waals surface area contributed by atoms with E-state index in [1.165, 1.54) is 0 Å². The highest BCUT2D eigenvalue weighted by Gasteiger charge is 2.30. The number of nitrogens with zero attached hydrogens (tertiary/aromatic N) is 4. The minimum atomic E-state index is -0.204. The van der Waals surface area contributed by atoms with E-state index in [0.717, 1.165) is 59.2 Å². The summed E-state index contributed by atoms with van der Waals surface area (Å²) in [5, 5.41) is 0.847. The Morgan fingerprint density at radius 2 is 2.00 bits per heavy atom. The molecule has 32 heavy (non-hydrogen) atoms. The summed E-state index contributed by atoms with van der Waals surface area (Å²) >= 11 is 1.58. The van der Waals surface area contributed by atoms with Crippen molar-refractivity contribution < 1.29 is 14.3 Å². The molecule has 2 aromatic heterocycles. The van der Waals surface area contributed by atoms with Gasteiger partial charge in [0.2, 0.25) is 5.91 Å². The summed E-state index contributed by atoms with van der Waals surface area (Å²) in [6.07, 6.45) is 4.95. The number of hydrogen-bond acceptors (Lipinski definition) is 6. The predicted octanol–water partition coefficient (Wildman–Crippen LogP) is 3.92. The first-order chi connectivity index (χ1) is 15.6. The van der Waals surface area contributed by atoms with E-state index in [1.54, 1.807) is 22.4 Å². The van der Waals surface area contributed by atoms with Crippen molar-refractivity contribution in [2.75, 3.05) is 31.1 Å². The van der Waals surface area contributed by atoms with Gasteiger partial charge in [0.15, 0.2) is 6.61 Å². The Morgan fingerprint density at radius 1 is 1.16 bits per heavy atom. The molecule has 4 heterocycles. The van der Waals surface area contributed by atoms with E-state index >= 15 is 0 Å². The van der Waals surface area contributed by atoms with Gasteiger partial charge in [-0.1, -0.05) is 6.07 Å². The van der Waals surface area contributed by atoms with Crippen LogP contribution in [0, 0.1) is 6.92 Å². The molecule has 1 aromatic carbocycles. The van der Waals surface area contributed by atoms with Crippen molar-refractivity contribution in [2.45, 2.75) is 26.2 Å². The highest BCUT2D eigenvalue weighted by Crippen LogP contribution is 2.39. The topological polar surface area (TPSA) is 75.6 Å². The Morgan fingerprint density at radius 3 is 2.78 bits per heavy atom. The average Bonchev–Trinajstić information content (AvgIpc) is 3.23.